The van der Waals surface area contributed by atoms with Crippen molar-refractivity contribution in [1.29, 1.82) is 0 Å². The van der Waals surface area contributed by atoms with Crippen molar-refractivity contribution < 1.29 is 9.13 Å². The number of rotatable bonds is 5. The second kappa shape index (κ2) is 7.17. The smallest absolute Gasteiger partial charge is 0.123 e. The standard InChI is InChI=1S/C20H16FN3OS/c1-25-17-4-2-3-14(11-17)13-26-20-19-12-18(23-24(19)10-9-22-20)15-5-7-16(21)8-6-15/h2-12H,13H2,1H3. The summed E-state index contributed by atoms with van der Waals surface area (Å²) < 4.78 is 20.2. The Morgan fingerprint density at radius 2 is 1.96 bits per heavy atom. The lowest BCUT2D eigenvalue weighted by Crippen LogP contribution is -1.92. The highest BCUT2D eigenvalue weighted by Gasteiger charge is 2.10. The van der Waals surface area contributed by atoms with Crippen molar-refractivity contribution in [1.82, 2.24) is 14.6 Å². The molecular formula is C20H16FN3OS. The Labute approximate surface area is 154 Å². The number of aromatic nitrogens is 3. The molecule has 0 fully saturated rings. The average Bonchev–Trinajstić information content (AvgIpc) is 3.12. The Morgan fingerprint density at radius 1 is 1.12 bits per heavy atom. The van der Waals surface area contributed by atoms with E-state index in [1.807, 2.05) is 30.5 Å². The molecule has 0 saturated heterocycles. The molecule has 0 saturated carbocycles. The molecule has 4 nitrogen and oxygen atoms in total. The third-order valence-electron chi connectivity index (χ3n) is 4.00. The maximum absolute atomic E-state index is 13.1. The average molecular weight is 365 g/mol. The van der Waals surface area contributed by atoms with Gasteiger partial charge in [0.2, 0.25) is 0 Å². The van der Waals surface area contributed by atoms with Crippen LogP contribution in [0.2, 0.25) is 0 Å². The van der Waals surface area contributed by atoms with Gasteiger partial charge in [-0.2, -0.15) is 5.10 Å². The Morgan fingerprint density at radius 3 is 2.77 bits per heavy atom. The van der Waals surface area contributed by atoms with Crippen LogP contribution in [0.4, 0.5) is 4.39 Å². The van der Waals surface area contributed by atoms with Crippen LogP contribution in [0.1, 0.15) is 5.56 Å². The molecule has 0 bridgehead atoms. The summed E-state index contributed by atoms with van der Waals surface area (Å²) >= 11 is 1.65. The van der Waals surface area contributed by atoms with Gasteiger partial charge in [0.15, 0.2) is 0 Å². The molecule has 0 aliphatic heterocycles. The highest BCUT2D eigenvalue weighted by molar-refractivity contribution is 7.98. The van der Waals surface area contributed by atoms with Crippen LogP contribution in [0.15, 0.2) is 72.0 Å². The van der Waals surface area contributed by atoms with E-state index in [0.717, 1.165) is 38.9 Å². The van der Waals surface area contributed by atoms with E-state index >= 15 is 0 Å². The van der Waals surface area contributed by atoms with E-state index in [0.29, 0.717) is 0 Å². The van der Waals surface area contributed by atoms with Crippen molar-refractivity contribution in [2.45, 2.75) is 10.8 Å². The number of thioether (sulfide) groups is 1. The molecule has 4 rings (SSSR count). The first-order valence-corrected chi connectivity index (χ1v) is 9.07. The Kier molecular flexibility index (Phi) is 4.58. The van der Waals surface area contributed by atoms with Gasteiger partial charge < -0.3 is 4.74 Å². The maximum atomic E-state index is 13.1. The second-order valence-electron chi connectivity index (χ2n) is 5.74. The lowest BCUT2D eigenvalue weighted by molar-refractivity contribution is 0.414. The first-order chi connectivity index (χ1) is 12.7. The van der Waals surface area contributed by atoms with E-state index in [-0.39, 0.29) is 5.82 Å². The van der Waals surface area contributed by atoms with Crippen LogP contribution in [-0.4, -0.2) is 21.7 Å². The van der Waals surface area contributed by atoms with Crippen molar-refractivity contribution in [2.75, 3.05) is 7.11 Å². The van der Waals surface area contributed by atoms with E-state index in [2.05, 4.69) is 16.1 Å². The topological polar surface area (TPSA) is 39.4 Å². The van der Waals surface area contributed by atoms with Crippen LogP contribution in [0, 0.1) is 5.82 Å². The molecule has 2 heterocycles. The van der Waals surface area contributed by atoms with Crippen LogP contribution in [0.3, 0.4) is 0 Å². The fourth-order valence-electron chi connectivity index (χ4n) is 2.68. The van der Waals surface area contributed by atoms with Crippen LogP contribution in [0.5, 0.6) is 5.75 Å². The lowest BCUT2D eigenvalue weighted by atomic mass is 10.1. The molecule has 0 amide bonds. The summed E-state index contributed by atoms with van der Waals surface area (Å²) in [6, 6.07) is 16.3. The molecule has 130 valence electrons. The summed E-state index contributed by atoms with van der Waals surface area (Å²) in [4.78, 5) is 4.50. The Hall–Kier alpha value is -2.86. The molecule has 2 aromatic heterocycles. The number of ether oxygens (including phenoxy) is 1. The zero-order valence-corrected chi connectivity index (χ0v) is 14.9. The summed E-state index contributed by atoms with van der Waals surface area (Å²) in [5.74, 6) is 1.37. The van der Waals surface area contributed by atoms with Gasteiger partial charge in [0.25, 0.3) is 0 Å². The van der Waals surface area contributed by atoms with Crippen molar-refractivity contribution in [3.8, 4) is 17.0 Å². The van der Waals surface area contributed by atoms with Crippen LogP contribution >= 0.6 is 11.8 Å². The zero-order valence-electron chi connectivity index (χ0n) is 14.1. The van der Waals surface area contributed by atoms with Gasteiger partial charge in [0, 0.05) is 23.7 Å². The van der Waals surface area contributed by atoms with Gasteiger partial charge in [-0.15, -0.1) is 0 Å². The van der Waals surface area contributed by atoms with Crippen molar-refractivity contribution >= 4 is 17.3 Å². The molecular weight excluding hydrogens is 349 g/mol. The van der Waals surface area contributed by atoms with Crippen LogP contribution < -0.4 is 4.74 Å². The van der Waals surface area contributed by atoms with Gasteiger partial charge in [0.1, 0.15) is 16.6 Å². The highest BCUT2D eigenvalue weighted by atomic mass is 32.2. The molecule has 0 aliphatic rings. The van der Waals surface area contributed by atoms with Crippen molar-refractivity contribution in [3.63, 3.8) is 0 Å². The highest BCUT2D eigenvalue weighted by Crippen LogP contribution is 2.29. The number of halogens is 1. The van der Waals surface area contributed by atoms with Gasteiger partial charge in [-0.1, -0.05) is 23.9 Å². The van der Waals surface area contributed by atoms with E-state index < -0.39 is 0 Å². The predicted octanol–water partition coefficient (Wildman–Crippen LogP) is 4.84. The molecule has 0 N–H and O–H groups in total. The quantitative estimate of drug-likeness (QED) is 0.475. The van der Waals surface area contributed by atoms with Crippen molar-refractivity contribution in [3.05, 3.63) is 78.4 Å². The van der Waals surface area contributed by atoms with Crippen molar-refractivity contribution in [2.24, 2.45) is 0 Å². The summed E-state index contributed by atoms with van der Waals surface area (Å²) in [6.45, 7) is 0. The summed E-state index contributed by atoms with van der Waals surface area (Å²) in [5, 5.41) is 5.48. The SMILES string of the molecule is COc1cccc(CSc2nccn3nc(-c4ccc(F)cc4)cc23)c1. The molecule has 0 radical (unpaired) electrons. The van der Waals surface area contributed by atoms with Gasteiger partial charge in [0.05, 0.1) is 18.3 Å². The summed E-state index contributed by atoms with van der Waals surface area (Å²) in [6.07, 6.45) is 3.56. The van der Waals surface area contributed by atoms with E-state index in [1.54, 1.807) is 41.7 Å². The summed E-state index contributed by atoms with van der Waals surface area (Å²) in [5.41, 5.74) is 3.76. The maximum Gasteiger partial charge on any atom is 0.123 e. The van der Waals surface area contributed by atoms with Gasteiger partial charge >= 0.3 is 0 Å². The molecule has 0 unspecified atom stereocenters. The van der Waals surface area contributed by atoms with E-state index in [9.17, 15) is 4.39 Å². The third kappa shape index (κ3) is 3.41. The minimum Gasteiger partial charge on any atom is -0.497 e. The first kappa shape index (κ1) is 16.6. The number of hydrogen-bond acceptors (Lipinski definition) is 4. The van der Waals surface area contributed by atoms with Gasteiger partial charge in [-0.3, -0.25) is 0 Å². The largest absolute Gasteiger partial charge is 0.497 e. The van der Waals surface area contributed by atoms with Crippen LogP contribution in [-0.2, 0) is 5.75 Å². The molecule has 26 heavy (non-hydrogen) atoms. The molecule has 2 aromatic carbocycles. The van der Waals surface area contributed by atoms with E-state index in [1.165, 1.54) is 12.1 Å². The normalized spacial score (nSPS) is 11.0. The fourth-order valence-corrected chi connectivity index (χ4v) is 3.60. The number of benzene rings is 2. The molecule has 0 spiro atoms. The van der Waals surface area contributed by atoms with Gasteiger partial charge in [-0.25, -0.2) is 13.9 Å². The summed E-state index contributed by atoms with van der Waals surface area (Å²) in [7, 11) is 1.66. The number of fused-ring (bicyclic) bond motifs is 1. The number of nitrogens with zero attached hydrogens (tertiary/aromatic N) is 3. The molecule has 4 aromatic rings. The fraction of sp³-hybridized carbons (Fsp3) is 0.100. The zero-order chi connectivity index (χ0) is 17.9. The number of hydrogen-bond donors (Lipinski definition) is 0. The Balaban J connectivity index is 1.62. The molecule has 6 heteroatoms. The third-order valence-corrected chi connectivity index (χ3v) is 5.07. The number of methoxy groups -OCH3 is 1. The minimum atomic E-state index is -0.256. The second-order valence-corrected chi connectivity index (χ2v) is 6.70. The molecule has 0 aliphatic carbocycles. The monoisotopic (exact) mass is 365 g/mol. The lowest BCUT2D eigenvalue weighted by Gasteiger charge is -2.05. The predicted molar refractivity (Wildman–Crippen MR) is 101 cm³/mol. The van der Waals surface area contributed by atoms with Gasteiger partial charge in [-0.05, 0) is 48.0 Å². The molecule has 0 atom stereocenters. The minimum absolute atomic E-state index is 0.256. The Bertz CT molecular complexity index is 1050. The van der Waals surface area contributed by atoms with E-state index in [4.69, 9.17) is 4.74 Å². The first-order valence-electron chi connectivity index (χ1n) is 8.09. The van der Waals surface area contributed by atoms with Crippen LogP contribution in [0.25, 0.3) is 16.8 Å².